The summed E-state index contributed by atoms with van der Waals surface area (Å²) < 4.78 is 52.7. The maximum atomic E-state index is 12.3. The zero-order valence-corrected chi connectivity index (χ0v) is 16.9. The number of sulfone groups is 2. The zero-order valence-electron chi connectivity index (χ0n) is 15.3. The Bertz CT molecular complexity index is 1220. The Balaban J connectivity index is 1.62. The summed E-state index contributed by atoms with van der Waals surface area (Å²) in [5.41, 5.74) is 0.198. The molecule has 1 amide bonds. The van der Waals surface area contributed by atoms with Crippen LogP contribution in [0.15, 0.2) is 68.8 Å². The highest BCUT2D eigenvalue weighted by Crippen LogP contribution is 2.15. The first-order chi connectivity index (χ1) is 13.6. The van der Waals surface area contributed by atoms with Gasteiger partial charge in [0.25, 0.3) is 5.91 Å². The van der Waals surface area contributed by atoms with Crippen molar-refractivity contribution in [2.45, 2.75) is 16.2 Å². The van der Waals surface area contributed by atoms with Crippen LogP contribution in [0.4, 0.5) is 6.01 Å². The average Bonchev–Trinajstić information content (AvgIpc) is 3.14. The van der Waals surface area contributed by atoms with Crippen LogP contribution in [-0.2, 0) is 26.1 Å². The third kappa shape index (κ3) is 5.27. The van der Waals surface area contributed by atoms with Crippen molar-refractivity contribution in [1.29, 1.82) is 0 Å². The molecule has 29 heavy (non-hydrogen) atoms. The predicted molar refractivity (Wildman–Crippen MR) is 104 cm³/mol. The van der Waals surface area contributed by atoms with Crippen LogP contribution in [0.5, 0.6) is 0 Å². The Hall–Kier alpha value is -3.05. The highest BCUT2D eigenvalue weighted by molar-refractivity contribution is 7.91. The van der Waals surface area contributed by atoms with Gasteiger partial charge >= 0.3 is 6.01 Å². The van der Waals surface area contributed by atoms with E-state index in [1.165, 1.54) is 36.4 Å². The Labute approximate surface area is 167 Å². The summed E-state index contributed by atoms with van der Waals surface area (Å²) in [5, 5.41) is 9.79. The number of rotatable bonds is 7. The van der Waals surface area contributed by atoms with Crippen LogP contribution in [0, 0.1) is 0 Å². The number of aryl methyl sites for hydroxylation is 1. The molecule has 0 aliphatic rings. The maximum absolute atomic E-state index is 12.3. The lowest BCUT2D eigenvalue weighted by Crippen LogP contribution is -2.12. The zero-order chi connectivity index (χ0) is 21.1. The van der Waals surface area contributed by atoms with Crippen LogP contribution < -0.4 is 5.32 Å². The van der Waals surface area contributed by atoms with Gasteiger partial charge in [-0.3, -0.25) is 10.1 Å². The second kappa shape index (κ2) is 8.13. The molecule has 0 atom stereocenters. The van der Waals surface area contributed by atoms with Crippen molar-refractivity contribution in [1.82, 2.24) is 10.2 Å². The molecule has 1 aromatic heterocycles. The number of carbonyl (C=O) groups is 1. The van der Waals surface area contributed by atoms with Crippen LogP contribution in [0.3, 0.4) is 0 Å². The number of anilines is 1. The van der Waals surface area contributed by atoms with Crippen LogP contribution in [0.2, 0.25) is 0 Å². The molecule has 0 radical (unpaired) electrons. The number of hydrogen-bond acceptors (Lipinski definition) is 8. The molecule has 152 valence electrons. The highest BCUT2D eigenvalue weighted by atomic mass is 32.2. The molecule has 0 fully saturated rings. The quantitative estimate of drug-likeness (QED) is 0.593. The first kappa shape index (κ1) is 20.7. The van der Waals surface area contributed by atoms with Gasteiger partial charge in [0.05, 0.1) is 15.5 Å². The number of aromatic nitrogens is 2. The second-order valence-electron chi connectivity index (χ2n) is 6.13. The van der Waals surface area contributed by atoms with E-state index in [4.69, 9.17) is 4.42 Å². The van der Waals surface area contributed by atoms with Crippen molar-refractivity contribution >= 4 is 31.6 Å². The van der Waals surface area contributed by atoms with Crippen molar-refractivity contribution in [3.63, 3.8) is 0 Å². The van der Waals surface area contributed by atoms with Gasteiger partial charge in [-0.25, -0.2) is 16.8 Å². The minimum Gasteiger partial charge on any atom is -0.408 e. The van der Waals surface area contributed by atoms with E-state index in [9.17, 15) is 21.6 Å². The third-order valence-electron chi connectivity index (χ3n) is 3.92. The van der Waals surface area contributed by atoms with E-state index >= 15 is 0 Å². The van der Waals surface area contributed by atoms with Gasteiger partial charge in [0.1, 0.15) is 0 Å². The number of amides is 1. The molecule has 0 unspecified atom stereocenters. The number of benzene rings is 2. The van der Waals surface area contributed by atoms with E-state index in [1.807, 2.05) is 0 Å². The second-order valence-corrected chi connectivity index (χ2v) is 10.3. The van der Waals surface area contributed by atoms with Gasteiger partial charge in [-0.2, -0.15) is 0 Å². The minimum atomic E-state index is -3.50. The fourth-order valence-corrected chi connectivity index (χ4v) is 4.28. The lowest BCUT2D eigenvalue weighted by molar-refractivity contribution is 0.102. The van der Waals surface area contributed by atoms with E-state index in [-0.39, 0.29) is 39.4 Å². The Morgan fingerprint density at radius 2 is 1.59 bits per heavy atom. The van der Waals surface area contributed by atoms with Crippen LogP contribution in [0.1, 0.15) is 16.2 Å². The predicted octanol–water partition coefficient (Wildman–Crippen LogP) is 1.74. The van der Waals surface area contributed by atoms with Gasteiger partial charge in [0, 0.05) is 18.2 Å². The minimum absolute atomic E-state index is 0.0108. The molecule has 0 spiro atoms. The molecular formula is C18H17N3O6S2. The van der Waals surface area contributed by atoms with Gasteiger partial charge in [-0.15, -0.1) is 5.10 Å². The van der Waals surface area contributed by atoms with E-state index in [0.29, 0.717) is 0 Å². The van der Waals surface area contributed by atoms with E-state index in [1.54, 1.807) is 18.2 Å². The van der Waals surface area contributed by atoms with Crippen molar-refractivity contribution in [3.05, 3.63) is 66.1 Å². The molecule has 3 rings (SSSR count). The van der Waals surface area contributed by atoms with Gasteiger partial charge in [-0.1, -0.05) is 23.3 Å². The molecule has 0 saturated heterocycles. The average molecular weight is 435 g/mol. The molecule has 1 N–H and O–H groups in total. The molecule has 0 bridgehead atoms. The van der Waals surface area contributed by atoms with Crippen LogP contribution in [-0.4, -0.2) is 44.9 Å². The summed E-state index contributed by atoms with van der Waals surface area (Å²) in [4.78, 5) is 12.5. The summed E-state index contributed by atoms with van der Waals surface area (Å²) in [6.07, 6.45) is 1.06. The lowest BCUT2D eigenvalue weighted by Gasteiger charge is -2.03. The van der Waals surface area contributed by atoms with Gasteiger partial charge < -0.3 is 4.42 Å². The summed E-state index contributed by atoms with van der Waals surface area (Å²) in [5.74, 6) is -0.732. The van der Waals surface area contributed by atoms with E-state index < -0.39 is 25.6 Å². The SMILES string of the molecule is CS(=O)(=O)c1ccc(C(=O)Nc2nnc(CCS(=O)(=O)c3ccccc3)o2)cc1. The van der Waals surface area contributed by atoms with Gasteiger partial charge in [0.2, 0.25) is 5.89 Å². The van der Waals surface area contributed by atoms with E-state index in [0.717, 1.165) is 6.26 Å². The standard InChI is InChI=1S/C18H17N3O6S2/c1-28(23,24)14-9-7-13(8-10-14)17(22)19-18-21-20-16(27-18)11-12-29(25,26)15-5-3-2-4-6-15/h2-10H,11-12H2,1H3,(H,19,21,22). The fourth-order valence-electron chi connectivity index (χ4n) is 2.40. The molecular weight excluding hydrogens is 418 g/mol. The van der Waals surface area contributed by atoms with Crippen molar-refractivity contribution in [2.75, 3.05) is 17.3 Å². The Morgan fingerprint density at radius 1 is 0.931 bits per heavy atom. The fraction of sp³-hybridized carbons (Fsp3) is 0.167. The monoisotopic (exact) mass is 435 g/mol. The molecule has 0 aliphatic carbocycles. The normalized spacial score (nSPS) is 11.9. The van der Waals surface area contributed by atoms with E-state index in [2.05, 4.69) is 15.5 Å². The smallest absolute Gasteiger partial charge is 0.322 e. The number of carbonyl (C=O) groups excluding carboxylic acids is 1. The third-order valence-corrected chi connectivity index (χ3v) is 6.78. The maximum Gasteiger partial charge on any atom is 0.322 e. The van der Waals surface area contributed by atoms with Gasteiger partial charge in [-0.05, 0) is 36.4 Å². The Morgan fingerprint density at radius 3 is 2.21 bits per heavy atom. The number of nitrogens with one attached hydrogen (secondary N) is 1. The highest BCUT2D eigenvalue weighted by Gasteiger charge is 2.17. The molecule has 3 aromatic rings. The van der Waals surface area contributed by atoms with Crippen molar-refractivity contribution in [2.24, 2.45) is 0 Å². The molecule has 11 heteroatoms. The first-order valence-electron chi connectivity index (χ1n) is 8.37. The largest absolute Gasteiger partial charge is 0.408 e. The van der Waals surface area contributed by atoms with Gasteiger partial charge in [0.15, 0.2) is 19.7 Å². The molecule has 0 saturated carbocycles. The first-order valence-corrected chi connectivity index (χ1v) is 11.9. The summed E-state index contributed by atoms with van der Waals surface area (Å²) in [7, 11) is -6.86. The number of nitrogens with zero attached hydrogens (tertiary/aromatic N) is 2. The topological polar surface area (TPSA) is 136 Å². The lowest BCUT2D eigenvalue weighted by atomic mass is 10.2. The summed E-state index contributed by atoms with van der Waals surface area (Å²) in [6.45, 7) is 0. The Kier molecular flexibility index (Phi) is 5.80. The van der Waals surface area contributed by atoms with Crippen molar-refractivity contribution < 1.29 is 26.0 Å². The van der Waals surface area contributed by atoms with Crippen LogP contribution >= 0.6 is 0 Å². The molecule has 1 heterocycles. The summed E-state index contributed by atoms with van der Waals surface area (Å²) in [6, 6.07) is 13.2. The summed E-state index contributed by atoms with van der Waals surface area (Å²) >= 11 is 0. The molecule has 9 nitrogen and oxygen atoms in total. The molecule has 2 aromatic carbocycles. The van der Waals surface area contributed by atoms with Crippen LogP contribution in [0.25, 0.3) is 0 Å². The van der Waals surface area contributed by atoms with Crippen molar-refractivity contribution in [3.8, 4) is 0 Å². The molecule has 0 aliphatic heterocycles. The number of hydrogen-bond donors (Lipinski definition) is 1.